The van der Waals surface area contributed by atoms with Gasteiger partial charge < -0.3 is 10.1 Å². The normalized spacial score (nSPS) is 12.4. The summed E-state index contributed by atoms with van der Waals surface area (Å²) in [6.45, 7) is 2.14. The van der Waals surface area contributed by atoms with Gasteiger partial charge >= 0.3 is 0 Å². The van der Waals surface area contributed by atoms with Crippen LogP contribution in [0.5, 0.6) is 5.75 Å². The van der Waals surface area contributed by atoms with Crippen LogP contribution in [0.3, 0.4) is 0 Å². The van der Waals surface area contributed by atoms with Crippen molar-refractivity contribution in [3.63, 3.8) is 0 Å². The number of sulfonamides is 1. The number of ether oxygens (including phenoxy) is 1. The van der Waals surface area contributed by atoms with Gasteiger partial charge in [0.15, 0.2) is 0 Å². The molecule has 0 unspecified atom stereocenters. The molecule has 0 aliphatic rings. The fourth-order valence-electron chi connectivity index (χ4n) is 2.82. The Labute approximate surface area is 166 Å². The minimum atomic E-state index is -3.59. The zero-order valence-electron chi connectivity index (χ0n) is 15.9. The number of methoxy groups -OCH3 is 1. The summed E-state index contributed by atoms with van der Waals surface area (Å²) < 4.78 is 33.2. The average molecular weight is 397 g/mol. The summed E-state index contributed by atoms with van der Waals surface area (Å²) in [5.41, 5.74) is 2.89. The number of rotatable bonds is 8. The van der Waals surface area contributed by atoms with Crippen molar-refractivity contribution >= 4 is 15.7 Å². The number of benzene rings is 3. The summed E-state index contributed by atoms with van der Waals surface area (Å²) in [6, 6.07) is 23.9. The van der Waals surface area contributed by atoms with E-state index >= 15 is 0 Å². The lowest BCUT2D eigenvalue weighted by atomic mass is 10.1. The van der Waals surface area contributed by atoms with Crippen LogP contribution >= 0.6 is 0 Å². The van der Waals surface area contributed by atoms with Crippen molar-refractivity contribution < 1.29 is 13.2 Å². The van der Waals surface area contributed by atoms with Gasteiger partial charge in [0.05, 0.1) is 18.0 Å². The van der Waals surface area contributed by atoms with Crippen LogP contribution in [0.1, 0.15) is 17.2 Å². The van der Waals surface area contributed by atoms with Crippen LogP contribution in [0.2, 0.25) is 0 Å². The second kappa shape index (κ2) is 8.91. The molecule has 0 spiro atoms. The molecule has 0 amide bonds. The Morgan fingerprint density at radius 1 is 0.893 bits per heavy atom. The van der Waals surface area contributed by atoms with E-state index in [4.69, 9.17) is 4.74 Å². The van der Waals surface area contributed by atoms with E-state index < -0.39 is 10.0 Å². The fraction of sp³-hybridized carbons (Fsp3) is 0.182. The van der Waals surface area contributed by atoms with Gasteiger partial charge in [-0.3, -0.25) is 0 Å². The molecule has 0 aliphatic heterocycles. The highest BCUT2D eigenvalue weighted by Gasteiger charge is 2.18. The monoisotopic (exact) mass is 396 g/mol. The van der Waals surface area contributed by atoms with Crippen molar-refractivity contribution in [1.82, 2.24) is 4.72 Å². The number of nitrogens with one attached hydrogen (secondary N) is 2. The van der Waals surface area contributed by atoms with Crippen molar-refractivity contribution in [2.24, 2.45) is 0 Å². The highest BCUT2D eigenvalue weighted by atomic mass is 32.2. The Kier molecular flexibility index (Phi) is 6.34. The number of hydrogen-bond acceptors (Lipinski definition) is 4. The molecule has 0 saturated heterocycles. The molecule has 28 heavy (non-hydrogen) atoms. The molecular formula is C22H24N2O3S. The van der Waals surface area contributed by atoms with Crippen molar-refractivity contribution in [2.45, 2.75) is 17.9 Å². The van der Waals surface area contributed by atoms with Crippen LogP contribution < -0.4 is 14.8 Å². The standard InChI is InChI=1S/C22H24N2O3S/c1-17-8-14-21(15-9-17)28(25,26)23-16-22(18-6-4-3-5-7-18)24-19-10-12-20(27-2)13-11-19/h3-15,22-24H,16H2,1-2H3/t22-/m1/s1. The number of anilines is 1. The quantitative estimate of drug-likeness (QED) is 0.601. The van der Waals surface area contributed by atoms with Gasteiger partial charge in [-0.15, -0.1) is 0 Å². The zero-order valence-corrected chi connectivity index (χ0v) is 16.7. The van der Waals surface area contributed by atoms with Gasteiger partial charge in [-0.1, -0.05) is 48.0 Å². The van der Waals surface area contributed by atoms with Crippen LogP contribution in [-0.4, -0.2) is 22.1 Å². The molecule has 3 rings (SSSR count). The Morgan fingerprint density at radius 3 is 2.14 bits per heavy atom. The largest absolute Gasteiger partial charge is 0.497 e. The molecule has 0 aliphatic carbocycles. The van der Waals surface area contributed by atoms with Gasteiger partial charge in [0.2, 0.25) is 10.0 Å². The highest BCUT2D eigenvalue weighted by Crippen LogP contribution is 2.22. The van der Waals surface area contributed by atoms with Crippen LogP contribution in [0.15, 0.2) is 83.8 Å². The number of aryl methyl sites for hydroxylation is 1. The van der Waals surface area contributed by atoms with Crippen molar-refractivity contribution in [3.8, 4) is 5.75 Å². The molecule has 0 radical (unpaired) electrons. The summed E-state index contributed by atoms with van der Waals surface area (Å²) in [5, 5.41) is 3.40. The van der Waals surface area contributed by atoms with Crippen molar-refractivity contribution in [3.05, 3.63) is 90.0 Å². The maximum absolute atomic E-state index is 12.7. The minimum Gasteiger partial charge on any atom is -0.497 e. The SMILES string of the molecule is COc1ccc(N[C@H](CNS(=O)(=O)c2ccc(C)cc2)c2ccccc2)cc1. The van der Waals surface area contributed by atoms with E-state index in [1.165, 1.54) is 0 Å². The summed E-state index contributed by atoms with van der Waals surface area (Å²) >= 11 is 0. The molecule has 0 aromatic heterocycles. The number of hydrogen-bond donors (Lipinski definition) is 2. The third-order valence-corrected chi connectivity index (χ3v) is 5.88. The van der Waals surface area contributed by atoms with Crippen LogP contribution in [0, 0.1) is 6.92 Å². The minimum absolute atomic E-state index is 0.215. The Hall–Kier alpha value is -2.83. The molecule has 0 bridgehead atoms. The first kappa shape index (κ1) is 19.9. The summed E-state index contributed by atoms with van der Waals surface area (Å²) in [6.07, 6.45) is 0. The van der Waals surface area contributed by atoms with E-state index in [9.17, 15) is 8.42 Å². The van der Waals surface area contributed by atoms with Gasteiger partial charge in [0.1, 0.15) is 5.75 Å². The Balaban J connectivity index is 1.78. The molecule has 6 heteroatoms. The van der Waals surface area contributed by atoms with Crippen LogP contribution in [0.4, 0.5) is 5.69 Å². The lowest BCUT2D eigenvalue weighted by molar-refractivity contribution is 0.415. The molecule has 0 heterocycles. The molecule has 2 N–H and O–H groups in total. The molecule has 5 nitrogen and oxygen atoms in total. The first-order chi connectivity index (χ1) is 13.5. The maximum atomic E-state index is 12.7. The van der Waals surface area contributed by atoms with E-state index in [1.807, 2.05) is 61.5 Å². The van der Waals surface area contributed by atoms with Gasteiger partial charge in [-0.2, -0.15) is 0 Å². The van der Waals surface area contributed by atoms with Gasteiger partial charge in [-0.05, 0) is 48.9 Å². The van der Waals surface area contributed by atoms with E-state index in [-0.39, 0.29) is 17.5 Å². The van der Waals surface area contributed by atoms with E-state index in [0.717, 1.165) is 22.6 Å². The molecule has 0 fully saturated rings. The first-order valence-electron chi connectivity index (χ1n) is 9.00. The van der Waals surface area contributed by atoms with Gasteiger partial charge in [0, 0.05) is 12.2 Å². The lowest BCUT2D eigenvalue weighted by Gasteiger charge is -2.21. The van der Waals surface area contributed by atoms with E-state index in [0.29, 0.717) is 0 Å². The predicted octanol–water partition coefficient (Wildman–Crippen LogP) is 4.14. The highest BCUT2D eigenvalue weighted by molar-refractivity contribution is 7.89. The lowest BCUT2D eigenvalue weighted by Crippen LogP contribution is -2.31. The molecule has 146 valence electrons. The second-order valence-electron chi connectivity index (χ2n) is 6.50. The average Bonchev–Trinajstić information content (AvgIpc) is 2.72. The molecule has 1 atom stereocenters. The smallest absolute Gasteiger partial charge is 0.240 e. The molecule has 3 aromatic carbocycles. The first-order valence-corrected chi connectivity index (χ1v) is 10.5. The van der Waals surface area contributed by atoms with Crippen molar-refractivity contribution in [2.75, 3.05) is 19.0 Å². The second-order valence-corrected chi connectivity index (χ2v) is 8.27. The maximum Gasteiger partial charge on any atom is 0.240 e. The van der Waals surface area contributed by atoms with Crippen molar-refractivity contribution in [1.29, 1.82) is 0 Å². The molecular weight excluding hydrogens is 372 g/mol. The van der Waals surface area contributed by atoms with Crippen LogP contribution in [0.25, 0.3) is 0 Å². The summed E-state index contributed by atoms with van der Waals surface area (Å²) in [4.78, 5) is 0.259. The molecule has 0 saturated carbocycles. The van der Waals surface area contributed by atoms with Gasteiger partial charge in [-0.25, -0.2) is 13.1 Å². The predicted molar refractivity (Wildman–Crippen MR) is 112 cm³/mol. The summed E-state index contributed by atoms with van der Waals surface area (Å²) in [5.74, 6) is 0.766. The topological polar surface area (TPSA) is 67.4 Å². The Morgan fingerprint density at radius 2 is 1.54 bits per heavy atom. The summed E-state index contributed by atoms with van der Waals surface area (Å²) in [7, 11) is -1.97. The third-order valence-electron chi connectivity index (χ3n) is 4.44. The van der Waals surface area contributed by atoms with Gasteiger partial charge in [0.25, 0.3) is 0 Å². The van der Waals surface area contributed by atoms with Crippen LogP contribution in [-0.2, 0) is 10.0 Å². The third kappa shape index (κ3) is 5.12. The molecule has 3 aromatic rings. The fourth-order valence-corrected chi connectivity index (χ4v) is 3.87. The zero-order chi connectivity index (χ0) is 20.0. The Bertz CT molecular complexity index is 986. The van der Waals surface area contributed by atoms with E-state index in [2.05, 4.69) is 10.0 Å². The van der Waals surface area contributed by atoms with E-state index in [1.54, 1.807) is 31.4 Å².